The summed E-state index contributed by atoms with van der Waals surface area (Å²) < 4.78 is 42.8. The molecule has 4 N–H and O–H groups in total. The van der Waals surface area contributed by atoms with Crippen LogP contribution in [0.1, 0.15) is 57.4 Å². The maximum absolute atomic E-state index is 13.9. The Labute approximate surface area is 419 Å². The second-order valence-corrected chi connectivity index (χ2v) is 17.6. The molecule has 0 radical (unpaired) electrons. The van der Waals surface area contributed by atoms with Crippen molar-refractivity contribution in [2.75, 3.05) is 72.6 Å². The molecule has 6 aromatic rings. The number of imide groups is 1. The molecule has 0 aliphatic carbocycles. The summed E-state index contributed by atoms with van der Waals surface area (Å²) in [5.41, 5.74) is 7.38. The van der Waals surface area contributed by atoms with Gasteiger partial charge >= 0.3 is 0 Å². The molecule has 1 atom stereocenters. The van der Waals surface area contributed by atoms with Gasteiger partial charge in [-0.3, -0.25) is 34.4 Å². The molecule has 8 rings (SSSR count). The van der Waals surface area contributed by atoms with Crippen molar-refractivity contribution in [3.63, 3.8) is 0 Å². The highest BCUT2D eigenvalue weighted by Gasteiger charge is 2.39. The van der Waals surface area contributed by atoms with E-state index in [2.05, 4.69) is 37.5 Å². The fraction of sp³-hybridized carbons (Fsp3) is 0.358. The lowest BCUT2D eigenvalue weighted by Crippen LogP contribution is -2.52. The van der Waals surface area contributed by atoms with E-state index >= 15 is 0 Å². The Morgan fingerprint density at radius 2 is 1.53 bits per heavy atom. The maximum Gasteiger partial charge on any atom is 0.277 e. The number of benzene rings is 4. The summed E-state index contributed by atoms with van der Waals surface area (Å²) in [6.07, 6.45) is 3.12. The van der Waals surface area contributed by atoms with Crippen molar-refractivity contribution in [1.82, 2.24) is 35.3 Å². The van der Waals surface area contributed by atoms with Crippen molar-refractivity contribution in [2.45, 2.75) is 51.1 Å². The smallest absolute Gasteiger partial charge is 0.277 e. The minimum atomic E-state index is -0.667. The van der Waals surface area contributed by atoms with Crippen LogP contribution in [0.4, 0.5) is 4.39 Å². The van der Waals surface area contributed by atoms with Gasteiger partial charge in [0.25, 0.3) is 11.5 Å². The van der Waals surface area contributed by atoms with Gasteiger partial charge in [-0.15, -0.1) is 0 Å². The molecule has 2 aliphatic heterocycles. The number of amides is 4. The normalized spacial score (nSPS) is 14.4. The number of ether oxygens (including phenoxy) is 5. The molecule has 72 heavy (non-hydrogen) atoms. The summed E-state index contributed by atoms with van der Waals surface area (Å²) >= 11 is 6.19. The Bertz CT molecular complexity index is 2980. The van der Waals surface area contributed by atoms with Crippen LogP contribution >= 0.6 is 11.6 Å². The molecule has 4 aromatic carbocycles. The number of rotatable bonds is 25. The van der Waals surface area contributed by atoms with Crippen molar-refractivity contribution < 1.29 is 47.3 Å². The van der Waals surface area contributed by atoms with E-state index in [-0.39, 0.29) is 68.5 Å². The number of nitrogens with one attached hydrogen (secondary N) is 4. The fourth-order valence-corrected chi connectivity index (χ4v) is 8.53. The zero-order valence-corrected chi connectivity index (χ0v) is 40.3. The van der Waals surface area contributed by atoms with Crippen LogP contribution in [0.25, 0.3) is 28.2 Å². The van der Waals surface area contributed by atoms with E-state index in [0.717, 1.165) is 35.1 Å². The van der Waals surface area contributed by atoms with Gasteiger partial charge in [-0.2, -0.15) is 4.68 Å². The van der Waals surface area contributed by atoms with E-state index in [4.69, 9.17) is 35.3 Å². The quantitative estimate of drug-likeness (QED) is 0.0332. The van der Waals surface area contributed by atoms with E-state index in [1.165, 1.54) is 21.7 Å². The topological polar surface area (TPSA) is 208 Å². The van der Waals surface area contributed by atoms with Crippen molar-refractivity contribution >= 4 is 46.3 Å². The van der Waals surface area contributed by atoms with E-state index in [1.807, 2.05) is 30.3 Å². The highest BCUT2D eigenvalue weighted by atomic mass is 35.5. The van der Waals surface area contributed by atoms with Crippen LogP contribution in [0.15, 0.2) is 89.7 Å². The minimum absolute atomic E-state index is 0.106. The van der Waals surface area contributed by atoms with Gasteiger partial charge in [-0.05, 0) is 103 Å². The highest BCUT2D eigenvalue weighted by Crippen LogP contribution is 2.29. The first-order chi connectivity index (χ1) is 35.1. The van der Waals surface area contributed by atoms with Gasteiger partial charge in [0.05, 0.1) is 63.0 Å². The molecule has 4 heterocycles. The zero-order chi connectivity index (χ0) is 50.2. The zero-order valence-electron chi connectivity index (χ0n) is 39.6. The summed E-state index contributed by atoms with van der Waals surface area (Å²) in [7, 11) is 0. The van der Waals surface area contributed by atoms with Gasteiger partial charge in [-0.25, -0.2) is 9.37 Å². The standard InChI is InChI=1S/C53H55ClFN7O10/c54-40-13-18-44-45(32-40)58-53(57-44)62-52(67)43(17-9-36-7-14-41(55)15-8-36)49(60-62)38-11-5-35(6-12-38)3-1-23-69-25-26-70-27-28-71-29-30-72-34-48(64)56-21-24-68-22-2-4-37-10-16-42-39(31-37)33-61(51(42)66)46-19-20-47(63)59-50(46)65/h5-8,10-16,18,31-32,46,60H,1,3,9,17,19-30,33-34H2,(H,56,64)(H,57,58)(H,59,63,65). The van der Waals surface area contributed by atoms with Crippen LogP contribution in [-0.4, -0.2) is 127 Å². The molecule has 4 amide bonds. The number of carbonyl (C=O) groups is 4. The largest absolute Gasteiger partial charge is 0.379 e. The number of imidazole rings is 1. The van der Waals surface area contributed by atoms with Crippen molar-refractivity contribution in [3.8, 4) is 29.0 Å². The van der Waals surface area contributed by atoms with Crippen LogP contribution in [0.5, 0.6) is 0 Å². The molecule has 1 saturated heterocycles. The predicted octanol–water partition coefficient (Wildman–Crippen LogP) is 5.23. The van der Waals surface area contributed by atoms with Crippen LogP contribution in [0, 0.1) is 17.7 Å². The number of hydrogen-bond donors (Lipinski definition) is 4. The van der Waals surface area contributed by atoms with Gasteiger partial charge in [0.2, 0.25) is 23.7 Å². The number of piperidine rings is 1. The molecule has 0 saturated carbocycles. The average molecular weight is 1000 g/mol. The Morgan fingerprint density at radius 1 is 0.806 bits per heavy atom. The predicted molar refractivity (Wildman–Crippen MR) is 265 cm³/mol. The summed E-state index contributed by atoms with van der Waals surface area (Å²) in [4.78, 5) is 71.9. The van der Waals surface area contributed by atoms with E-state index in [9.17, 15) is 28.4 Å². The monoisotopic (exact) mass is 1000 g/mol. The Balaban J connectivity index is 0.639. The lowest BCUT2D eigenvalue weighted by Gasteiger charge is -2.29. The molecular formula is C53H55ClFN7O10. The molecule has 0 spiro atoms. The summed E-state index contributed by atoms with van der Waals surface area (Å²) in [6.45, 7) is 3.68. The molecule has 2 aromatic heterocycles. The molecule has 376 valence electrons. The number of aromatic amines is 2. The number of fused-ring (bicyclic) bond motifs is 2. The molecule has 2 aliphatic rings. The van der Waals surface area contributed by atoms with Gasteiger partial charge < -0.3 is 38.9 Å². The molecule has 0 bridgehead atoms. The maximum atomic E-state index is 13.9. The lowest BCUT2D eigenvalue weighted by molar-refractivity contribution is -0.137. The van der Waals surface area contributed by atoms with Gasteiger partial charge in [-0.1, -0.05) is 59.8 Å². The molecule has 1 unspecified atom stereocenters. The summed E-state index contributed by atoms with van der Waals surface area (Å²) in [5, 5.41) is 8.87. The molecule has 1 fully saturated rings. The number of carbonyl (C=O) groups excluding carboxylic acids is 4. The first-order valence-corrected chi connectivity index (χ1v) is 24.2. The SMILES string of the molecule is O=C(COCCOCCOCCOCCCc1ccc(-c2[nH]n(-c3nc4ccc(Cl)cc4[nH]3)c(=O)c2CCc2ccc(F)cc2)cc1)NCCOCC#Cc1ccc2c(c1)CN(C1CCC(=O)NC1=O)C2=O. The number of nitrogens with zero attached hydrogens (tertiary/aromatic N) is 3. The lowest BCUT2D eigenvalue weighted by atomic mass is 10.00. The number of aryl methyl sites for hydroxylation is 2. The van der Waals surface area contributed by atoms with Crippen LogP contribution in [-0.2, 0) is 63.9 Å². The second kappa shape index (κ2) is 25.4. The van der Waals surface area contributed by atoms with Gasteiger partial charge in [0.15, 0.2) is 0 Å². The van der Waals surface area contributed by atoms with Crippen molar-refractivity contribution in [1.29, 1.82) is 0 Å². The van der Waals surface area contributed by atoms with E-state index in [1.54, 1.807) is 42.5 Å². The third-order valence-corrected chi connectivity index (χ3v) is 12.3. The van der Waals surface area contributed by atoms with E-state index < -0.39 is 11.9 Å². The number of halogens is 2. The summed E-state index contributed by atoms with van der Waals surface area (Å²) in [6, 6.07) is 24.3. The van der Waals surface area contributed by atoms with Gasteiger partial charge in [0.1, 0.15) is 25.1 Å². The van der Waals surface area contributed by atoms with Crippen molar-refractivity contribution in [2.24, 2.45) is 0 Å². The van der Waals surface area contributed by atoms with Crippen molar-refractivity contribution in [3.05, 3.63) is 140 Å². The number of hydrogen-bond acceptors (Lipinski definition) is 11. The Hall–Kier alpha value is -6.98. The minimum Gasteiger partial charge on any atom is -0.379 e. The molecular weight excluding hydrogens is 949 g/mol. The van der Waals surface area contributed by atoms with Crippen LogP contribution < -0.4 is 16.2 Å². The first-order valence-electron chi connectivity index (χ1n) is 23.8. The Morgan fingerprint density at radius 3 is 2.29 bits per heavy atom. The summed E-state index contributed by atoms with van der Waals surface area (Å²) in [5.74, 6) is 4.70. The second-order valence-electron chi connectivity index (χ2n) is 17.1. The molecule has 19 heteroatoms. The third kappa shape index (κ3) is 13.9. The first kappa shape index (κ1) is 51.4. The highest BCUT2D eigenvalue weighted by molar-refractivity contribution is 6.31. The van der Waals surface area contributed by atoms with Crippen LogP contribution in [0.2, 0.25) is 5.02 Å². The fourth-order valence-electron chi connectivity index (χ4n) is 8.35. The number of H-pyrrole nitrogens is 2. The third-order valence-electron chi connectivity index (χ3n) is 12.1. The van der Waals surface area contributed by atoms with Gasteiger partial charge in [0, 0.05) is 47.8 Å². The van der Waals surface area contributed by atoms with Crippen LogP contribution in [0.3, 0.4) is 0 Å². The number of aromatic nitrogens is 4. The molecule has 17 nitrogen and oxygen atoms in total. The van der Waals surface area contributed by atoms with E-state index in [0.29, 0.717) is 110 Å². The Kier molecular flexibility index (Phi) is 18.1. The average Bonchev–Trinajstić information content (AvgIpc) is 4.05.